The molecule has 1 aliphatic heterocycles. The first kappa shape index (κ1) is 14.7. The number of rotatable bonds is 5. The third-order valence-electron chi connectivity index (χ3n) is 3.87. The van der Waals surface area contributed by atoms with Crippen LogP contribution in [0, 0.1) is 0 Å². The van der Waals surface area contributed by atoms with Crippen LogP contribution >= 0.6 is 0 Å². The molecule has 0 saturated carbocycles. The predicted octanol–water partition coefficient (Wildman–Crippen LogP) is 1.13. The molecule has 2 heterocycles. The minimum Gasteiger partial charge on any atom is -0.349 e. The van der Waals surface area contributed by atoms with Crippen LogP contribution in [0.2, 0.25) is 0 Å². The van der Waals surface area contributed by atoms with Crippen molar-refractivity contribution in [3.8, 4) is 0 Å². The first-order valence-electron chi connectivity index (χ1n) is 7.74. The van der Waals surface area contributed by atoms with E-state index >= 15 is 0 Å². The summed E-state index contributed by atoms with van der Waals surface area (Å²) in [6.45, 7) is 2.39. The molecule has 3 rings (SSSR count). The molecule has 0 spiro atoms. The monoisotopic (exact) mass is 299 g/mol. The maximum absolute atomic E-state index is 11.9. The molecule has 6 heteroatoms. The quantitative estimate of drug-likeness (QED) is 0.773. The molecule has 1 unspecified atom stereocenters. The third kappa shape index (κ3) is 3.92. The number of aromatic amines is 1. The number of nitrogens with zero attached hydrogens (tertiary/aromatic N) is 2. The fourth-order valence-electron chi connectivity index (χ4n) is 2.67. The lowest BCUT2D eigenvalue weighted by atomic mass is 9.99. The number of carbonyl (C=O) groups is 1. The van der Waals surface area contributed by atoms with Crippen molar-refractivity contribution >= 4 is 5.91 Å². The Morgan fingerprint density at radius 2 is 2.18 bits per heavy atom. The minimum absolute atomic E-state index is 0.0107. The minimum atomic E-state index is -0.0107. The summed E-state index contributed by atoms with van der Waals surface area (Å²) in [4.78, 5) is 16.4. The standard InChI is InChI=1S/C16H21N5O/c22-15(9-12-5-2-1-3-6-12)18-11-14-19-16(21-20-14)13-7-4-8-17-10-13/h1-3,5-6,13,17H,4,7-11H2,(H,18,22)(H,19,20,21). The highest BCUT2D eigenvalue weighted by molar-refractivity contribution is 5.78. The topological polar surface area (TPSA) is 82.7 Å². The van der Waals surface area contributed by atoms with Crippen molar-refractivity contribution in [1.82, 2.24) is 25.8 Å². The third-order valence-corrected chi connectivity index (χ3v) is 3.87. The summed E-state index contributed by atoms with van der Waals surface area (Å²) >= 11 is 0. The van der Waals surface area contributed by atoms with E-state index in [1.807, 2.05) is 30.3 Å². The van der Waals surface area contributed by atoms with Crippen LogP contribution in [-0.4, -0.2) is 34.2 Å². The van der Waals surface area contributed by atoms with Crippen molar-refractivity contribution in [2.24, 2.45) is 0 Å². The fourth-order valence-corrected chi connectivity index (χ4v) is 2.67. The van der Waals surface area contributed by atoms with Crippen molar-refractivity contribution in [2.45, 2.75) is 31.7 Å². The molecule has 3 N–H and O–H groups in total. The summed E-state index contributed by atoms with van der Waals surface area (Å²) in [7, 11) is 0. The molecule has 22 heavy (non-hydrogen) atoms. The van der Waals surface area contributed by atoms with E-state index in [9.17, 15) is 4.79 Å². The molecular formula is C16H21N5O. The van der Waals surface area contributed by atoms with E-state index in [0.29, 0.717) is 24.7 Å². The van der Waals surface area contributed by atoms with Crippen molar-refractivity contribution in [1.29, 1.82) is 0 Å². The van der Waals surface area contributed by atoms with Gasteiger partial charge in [0.25, 0.3) is 0 Å². The molecule has 2 aromatic rings. The van der Waals surface area contributed by atoms with E-state index in [4.69, 9.17) is 0 Å². The summed E-state index contributed by atoms with van der Waals surface area (Å²) in [6, 6.07) is 9.70. The number of amides is 1. The first-order valence-corrected chi connectivity index (χ1v) is 7.74. The predicted molar refractivity (Wildman–Crippen MR) is 83.2 cm³/mol. The molecule has 116 valence electrons. The number of piperidine rings is 1. The molecule has 6 nitrogen and oxygen atoms in total. The smallest absolute Gasteiger partial charge is 0.224 e. The number of nitrogens with one attached hydrogen (secondary N) is 3. The van der Waals surface area contributed by atoms with Crippen LogP contribution in [0.3, 0.4) is 0 Å². The van der Waals surface area contributed by atoms with E-state index < -0.39 is 0 Å². The summed E-state index contributed by atoms with van der Waals surface area (Å²) in [5, 5.41) is 13.4. The highest BCUT2D eigenvalue weighted by Crippen LogP contribution is 2.19. The molecule has 0 bridgehead atoms. The number of benzene rings is 1. The van der Waals surface area contributed by atoms with Gasteiger partial charge in [-0.25, -0.2) is 4.98 Å². The molecule has 1 atom stereocenters. The normalized spacial score (nSPS) is 18.1. The second kappa shape index (κ2) is 7.17. The second-order valence-electron chi connectivity index (χ2n) is 5.62. The molecule has 1 amide bonds. The van der Waals surface area contributed by atoms with Crippen molar-refractivity contribution < 1.29 is 4.79 Å². The zero-order chi connectivity index (χ0) is 15.2. The first-order chi connectivity index (χ1) is 10.8. The van der Waals surface area contributed by atoms with Crippen LogP contribution in [0.25, 0.3) is 0 Å². The summed E-state index contributed by atoms with van der Waals surface area (Å²) in [6.07, 6.45) is 2.65. The average molecular weight is 299 g/mol. The number of hydrogen-bond donors (Lipinski definition) is 3. The number of carbonyl (C=O) groups excluding carboxylic acids is 1. The van der Waals surface area contributed by atoms with Crippen LogP contribution in [0.5, 0.6) is 0 Å². The molecule has 1 aliphatic rings. The Morgan fingerprint density at radius 3 is 2.95 bits per heavy atom. The van der Waals surface area contributed by atoms with Gasteiger partial charge < -0.3 is 10.6 Å². The maximum Gasteiger partial charge on any atom is 0.224 e. The number of aromatic nitrogens is 3. The van der Waals surface area contributed by atoms with Crippen molar-refractivity contribution in [3.05, 3.63) is 47.5 Å². The molecular weight excluding hydrogens is 278 g/mol. The number of hydrogen-bond acceptors (Lipinski definition) is 4. The van der Waals surface area contributed by atoms with Crippen LogP contribution in [0.1, 0.15) is 36.0 Å². The van der Waals surface area contributed by atoms with Gasteiger partial charge in [0.15, 0.2) is 5.82 Å². The lowest BCUT2D eigenvalue weighted by molar-refractivity contribution is -0.120. The Labute approximate surface area is 129 Å². The molecule has 1 fully saturated rings. The van der Waals surface area contributed by atoms with Gasteiger partial charge in [-0.05, 0) is 24.9 Å². The lowest BCUT2D eigenvalue weighted by Gasteiger charge is -2.19. The molecule has 1 aromatic carbocycles. The summed E-state index contributed by atoms with van der Waals surface area (Å²) < 4.78 is 0. The van der Waals surface area contributed by atoms with Crippen molar-refractivity contribution in [2.75, 3.05) is 13.1 Å². The van der Waals surface area contributed by atoms with Gasteiger partial charge in [-0.3, -0.25) is 9.89 Å². The summed E-state index contributed by atoms with van der Waals surface area (Å²) in [5.41, 5.74) is 1.01. The second-order valence-corrected chi connectivity index (χ2v) is 5.62. The highest BCUT2D eigenvalue weighted by atomic mass is 16.1. The number of H-pyrrole nitrogens is 1. The fraction of sp³-hybridized carbons (Fsp3) is 0.438. The molecule has 1 saturated heterocycles. The van der Waals surface area contributed by atoms with Gasteiger partial charge in [0.05, 0.1) is 13.0 Å². The Hall–Kier alpha value is -2.21. The molecule has 1 aromatic heterocycles. The summed E-state index contributed by atoms with van der Waals surface area (Å²) in [5.74, 6) is 1.92. The maximum atomic E-state index is 11.9. The zero-order valence-electron chi connectivity index (χ0n) is 12.5. The van der Waals surface area contributed by atoms with Gasteiger partial charge in [-0.2, -0.15) is 5.10 Å². The average Bonchev–Trinajstić information content (AvgIpc) is 3.04. The van der Waals surface area contributed by atoms with E-state index in [0.717, 1.165) is 37.3 Å². The van der Waals surface area contributed by atoms with E-state index in [-0.39, 0.29) is 5.91 Å². The Bertz CT molecular complexity index is 604. The van der Waals surface area contributed by atoms with Crippen LogP contribution in [0.15, 0.2) is 30.3 Å². The van der Waals surface area contributed by atoms with Gasteiger partial charge in [0.1, 0.15) is 5.82 Å². The van der Waals surface area contributed by atoms with Gasteiger partial charge in [0, 0.05) is 12.5 Å². The lowest BCUT2D eigenvalue weighted by Crippen LogP contribution is -2.29. The Morgan fingerprint density at radius 1 is 1.32 bits per heavy atom. The van der Waals surface area contributed by atoms with Crippen molar-refractivity contribution in [3.63, 3.8) is 0 Å². The largest absolute Gasteiger partial charge is 0.349 e. The molecule has 0 radical (unpaired) electrons. The Balaban J connectivity index is 1.49. The van der Waals surface area contributed by atoms with E-state index in [1.165, 1.54) is 0 Å². The zero-order valence-corrected chi connectivity index (χ0v) is 12.5. The SMILES string of the molecule is O=C(Cc1ccccc1)NCc1nc(C2CCCNC2)n[nH]1. The van der Waals surface area contributed by atoms with Crippen LogP contribution in [-0.2, 0) is 17.8 Å². The van der Waals surface area contributed by atoms with E-state index in [1.54, 1.807) is 0 Å². The van der Waals surface area contributed by atoms with Gasteiger partial charge in [0.2, 0.25) is 5.91 Å². The Kier molecular flexibility index (Phi) is 4.80. The van der Waals surface area contributed by atoms with E-state index in [2.05, 4.69) is 25.8 Å². The van der Waals surface area contributed by atoms with Crippen LogP contribution in [0.4, 0.5) is 0 Å². The highest BCUT2D eigenvalue weighted by Gasteiger charge is 2.19. The van der Waals surface area contributed by atoms with Gasteiger partial charge in [-0.15, -0.1) is 0 Å². The van der Waals surface area contributed by atoms with Gasteiger partial charge >= 0.3 is 0 Å². The van der Waals surface area contributed by atoms with Gasteiger partial charge in [-0.1, -0.05) is 30.3 Å². The van der Waals surface area contributed by atoms with Crippen LogP contribution < -0.4 is 10.6 Å². The molecule has 0 aliphatic carbocycles.